The van der Waals surface area contributed by atoms with Crippen molar-refractivity contribution in [3.8, 4) is 0 Å². The van der Waals surface area contributed by atoms with Crippen LogP contribution in [-0.2, 0) is 28.7 Å². The largest absolute Gasteiger partial charge is 0.444 e. The Labute approximate surface area is 205 Å². The molecule has 0 bridgehead atoms. The van der Waals surface area contributed by atoms with E-state index < -0.39 is 17.6 Å². The number of aliphatic hydroxyl groups is 2. The summed E-state index contributed by atoms with van der Waals surface area (Å²) in [7, 11) is 0. The van der Waals surface area contributed by atoms with Crippen LogP contribution in [0.25, 0.3) is 0 Å². The molecule has 35 heavy (non-hydrogen) atoms. The van der Waals surface area contributed by atoms with E-state index in [2.05, 4.69) is 31.9 Å². The zero-order chi connectivity index (χ0) is 28.4. The van der Waals surface area contributed by atoms with Gasteiger partial charge >= 0.3 is 6.09 Å². The summed E-state index contributed by atoms with van der Waals surface area (Å²) in [6.45, 7) is 10.2. The van der Waals surface area contributed by atoms with E-state index in [9.17, 15) is 28.8 Å². The summed E-state index contributed by atoms with van der Waals surface area (Å²) in [5.74, 6) is -1.16. The van der Waals surface area contributed by atoms with Crippen LogP contribution in [0.4, 0.5) is 4.79 Å². The van der Waals surface area contributed by atoms with E-state index in [1.54, 1.807) is 20.8 Å². The molecule has 16 heteroatoms. The van der Waals surface area contributed by atoms with Crippen LogP contribution in [0.15, 0.2) is 0 Å². The molecule has 0 aromatic heterocycles. The maximum absolute atomic E-state index is 11.2. The third-order valence-electron chi connectivity index (χ3n) is 2.42. The zero-order valence-corrected chi connectivity index (χ0v) is 21.4. The summed E-state index contributed by atoms with van der Waals surface area (Å²) >= 11 is 0. The fourth-order valence-electron chi connectivity index (χ4n) is 1.16. The highest BCUT2D eigenvalue weighted by molar-refractivity contribution is 5.82. The van der Waals surface area contributed by atoms with Crippen LogP contribution in [-0.4, -0.2) is 84.8 Å². The fraction of sp³-hybridized carbons (Fsp3) is 0.684. The molecule has 0 spiro atoms. The molecule has 6 amide bonds. The van der Waals surface area contributed by atoms with Crippen LogP contribution < -0.4 is 37.6 Å². The number of ether oxygens (including phenoxy) is 1. The van der Waals surface area contributed by atoms with Gasteiger partial charge in [0.05, 0.1) is 13.3 Å². The molecule has 0 aliphatic rings. The van der Waals surface area contributed by atoms with Gasteiger partial charge in [-0.3, -0.25) is 24.0 Å². The Morgan fingerprint density at radius 1 is 0.686 bits per heavy atom. The first-order chi connectivity index (χ1) is 16.0. The van der Waals surface area contributed by atoms with Gasteiger partial charge in [0.25, 0.3) is 0 Å². The summed E-state index contributed by atoms with van der Waals surface area (Å²) in [5.41, 5.74) is 4.30. The highest BCUT2D eigenvalue weighted by atomic mass is 16.6. The molecule has 0 aromatic rings. The normalized spacial score (nSPS) is 8.97. The van der Waals surface area contributed by atoms with Crippen molar-refractivity contribution in [3.05, 3.63) is 0 Å². The van der Waals surface area contributed by atoms with Crippen molar-refractivity contribution in [3.63, 3.8) is 0 Å². The van der Waals surface area contributed by atoms with Gasteiger partial charge in [-0.1, -0.05) is 0 Å². The van der Waals surface area contributed by atoms with E-state index in [0.29, 0.717) is 0 Å². The van der Waals surface area contributed by atoms with Gasteiger partial charge in [0.1, 0.15) is 25.6 Å². The monoisotopic (exact) mass is 511 g/mol. The van der Waals surface area contributed by atoms with E-state index in [4.69, 9.17) is 20.7 Å². The van der Waals surface area contributed by atoms with E-state index in [-0.39, 0.29) is 57.0 Å². The SMILES string of the molecule is CC(=O)NCN.CC(=O)NCNC(=O)CNC(=O)OC(C)(C)C.CC(=O)NCO.CC(=O)NCO. The summed E-state index contributed by atoms with van der Waals surface area (Å²) in [6.07, 6.45) is -0.660. The second kappa shape index (κ2) is 25.1. The summed E-state index contributed by atoms with van der Waals surface area (Å²) in [4.78, 5) is 62.2. The van der Waals surface area contributed by atoms with E-state index in [1.165, 1.54) is 27.7 Å². The topological polar surface area (TPSA) is 250 Å². The molecule has 0 radical (unpaired) electrons. The summed E-state index contributed by atoms with van der Waals surface area (Å²) in [5, 5.41) is 29.5. The van der Waals surface area contributed by atoms with Gasteiger partial charge < -0.3 is 52.6 Å². The van der Waals surface area contributed by atoms with Crippen LogP contribution in [0.3, 0.4) is 0 Å². The highest BCUT2D eigenvalue weighted by Crippen LogP contribution is 2.05. The third kappa shape index (κ3) is 53.6. The third-order valence-corrected chi connectivity index (χ3v) is 2.42. The average molecular weight is 512 g/mol. The van der Waals surface area contributed by atoms with Crippen molar-refractivity contribution < 1.29 is 43.7 Å². The first kappa shape index (κ1) is 38.7. The number of rotatable bonds is 7. The van der Waals surface area contributed by atoms with Gasteiger partial charge in [0.15, 0.2) is 0 Å². The molecule has 0 rings (SSSR count). The summed E-state index contributed by atoms with van der Waals surface area (Å²) in [6, 6.07) is 0. The number of aliphatic hydroxyl groups excluding tert-OH is 2. The quantitative estimate of drug-likeness (QED) is 0.156. The first-order valence-corrected chi connectivity index (χ1v) is 10.1. The smallest absolute Gasteiger partial charge is 0.408 e. The van der Waals surface area contributed by atoms with Gasteiger partial charge in [-0.2, -0.15) is 0 Å². The van der Waals surface area contributed by atoms with Crippen molar-refractivity contribution >= 4 is 35.6 Å². The van der Waals surface area contributed by atoms with E-state index >= 15 is 0 Å². The van der Waals surface area contributed by atoms with Crippen molar-refractivity contribution in [2.24, 2.45) is 5.73 Å². The minimum atomic E-state index is -0.660. The molecule has 206 valence electrons. The molecule has 0 aliphatic heterocycles. The lowest BCUT2D eigenvalue weighted by Crippen LogP contribution is -2.43. The number of carbonyl (C=O) groups is 6. The lowest BCUT2D eigenvalue weighted by Gasteiger charge is -2.19. The number of hydrogen-bond donors (Lipinski definition) is 9. The lowest BCUT2D eigenvalue weighted by molar-refractivity contribution is -0.122. The van der Waals surface area contributed by atoms with Crippen molar-refractivity contribution in [2.45, 2.75) is 54.1 Å². The Balaban J connectivity index is -0.000000218. The number of carbonyl (C=O) groups excluding carboxylic acids is 6. The molecule has 0 aliphatic carbocycles. The Kier molecular flexibility index (Phi) is 27.8. The minimum Gasteiger partial charge on any atom is -0.444 e. The first-order valence-electron chi connectivity index (χ1n) is 10.1. The van der Waals surface area contributed by atoms with Crippen molar-refractivity contribution in [2.75, 3.05) is 33.3 Å². The number of nitrogens with two attached hydrogens (primary N) is 1. The molecule has 0 atom stereocenters. The molecule has 0 unspecified atom stereocenters. The molecule has 0 saturated carbocycles. The van der Waals surface area contributed by atoms with E-state index in [1.807, 2.05) is 0 Å². The number of alkyl carbamates (subject to hydrolysis) is 1. The number of amides is 6. The standard InChI is InChI=1S/C10H19N3O4.C3H8N2O.2C3H7NO2/c1-7(14)12-6-13-8(15)5-11-9(16)17-10(2,3)4;1-3(6)5-2-4;2*1-3(6)4-2-5/h5-6H2,1-4H3,(H,11,16)(H,12,14)(H,13,15);2,4H2,1H3,(H,5,6);2*5H,2H2,1H3,(H,4,6). The maximum Gasteiger partial charge on any atom is 0.408 e. The second-order valence-corrected chi connectivity index (χ2v) is 7.08. The van der Waals surface area contributed by atoms with E-state index in [0.717, 1.165) is 0 Å². The Hall–Kier alpha value is -3.50. The molecule has 10 N–H and O–H groups in total. The average Bonchev–Trinajstić information content (AvgIpc) is 2.66. The molecule has 0 aromatic carbocycles. The molecular formula is C19H41N7O9. The maximum atomic E-state index is 11.2. The van der Waals surface area contributed by atoms with Crippen LogP contribution in [0, 0.1) is 0 Å². The van der Waals surface area contributed by atoms with Crippen LogP contribution in [0.2, 0.25) is 0 Å². The van der Waals surface area contributed by atoms with Gasteiger partial charge in [-0.05, 0) is 20.8 Å². The highest BCUT2D eigenvalue weighted by Gasteiger charge is 2.16. The van der Waals surface area contributed by atoms with Crippen molar-refractivity contribution in [1.29, 1.82) is 0 Å². The Bertz CT molecular complexity index is 601. The second-order valence-electron chi connectivity index (χ2n) is 7.08. The summed E-state index contributed by atoms with van der Waals surface area (Å²) < 4.78 is 4.93. The van der Waals surface area contributed by atoms with Gasteiger partial charge in [-0.25, -0.2) is 4.79 Å². The lowest BCUT2D eigenvalue weighted by atomic mass is 10.2. The van der Waals surface area contributed by atoms with Crippen LogP contribution in [0.5, 0.6) is 0 Å². The zero-order valence-electron chi connectivity index (χ0n) is 21.4. The molecule has 16 nitrogen and oxygen atoms in total. The fourth-order valence-corrected chi connectivity index (χ4v) is 1.16. The predicted molar refractivity (Wildman–Crippen MR) is 126 cm³/mol. The number of hydrogen-bond acceptors (Lipinski definition) is 10. The van der Waals surface area contributed by atoms with Crippen LogP contribution in [0.1, 0.15) is 48.5 Å². The molecular weight excluding hydrogens is 470 g/mol. The van der Waals surface area contributed by atoms with Gasteiger partial charge in [0.2, 0.25) is 29.5 Å². The van der Waals surface area contributed by atoms with Gasteiger partial charge in [0, 0.05) is 27.7 Å². The predicted octanol–water partition coefficient (Wildman–Crippen LogP) is -3.10. The van der Waals surface area contributed by atoms with Gasteiger partial charge in [-0.15, -0.1) is 0 Å². The van der Waals surface area contributed by atoms with Crippen LogP contribution >= 0.6 is 0 Å². The Morgan fingerprint density at radius 2 is 1.09 bits per heavy atom. The minimum absolute atomic E-state index is 0.0319. The Morgan fingerprint density at radius 3 is 1.31 bits per heavy atom. The van der Waals surface area contributed by atoms with Crippen molar-refractivity contribution in [1.82, 2.24) is 31.9 Å². The molecule has 0 heterocycles. The molecule has 0 fully saturated rings. The molecule has 0 saturated heterocycles. The number of nitrogens with one attached hydrogen (secondary N) is 6.